The van der Waals surface area contributed by atoms with Crippen LogP contribution >= 0.6 is 0 Å². The Kier molecular flexibility index (Phi) is 6.46. The highest BCUT2D eigenvalue weighted by molar-refractivity contribution is 5.87. The van der Waals surface area contributed by atoms with Gasteiger partial charge in [-0.15, -0.1) is 0 Å². The van der Waals surface area contributed by atoms with Gasteiger partial charge in [-0.25, -0.2) is 4.79 Å². The summed E-state index contributed by atoms with van der Waals surface area (Å²) in [4.78, 5) is 13.0. The van der Waals surface area contributed by atoms with Crippen molar-refractivity contribution in [2.24, 2.45) is 0 Å². The first kappa shape index (κ1) is 14.7. The fourth-order valence-electron chi connectivity index (χ4n) is 1.76. The Morgan fingerprint density at radius 3 is 2.72 bits per heavy atom. The minimum absolute atomic E-state index is 0.204. The third-order valence-corrected chi connectivity index (χ3v) is 2.92. The summed E-state index contributed by atoms with van der Waals surface area (Å²) in [7, 11) is 0. The molecule has 0 fully saturated rings. The van der Waals surface area contributed by atoms with Gasteiger partial charge in [0.1, 0.15) is 12.0 Å². The van der Waals surface area contributed by atoms with Gasteiger partial charge in [0.15, 0.2) is 0 Å². The number of furan rings is 1. The summed E-state index contributed by atoms with van der Waals surface area (Å²) < 4.78 is 5.14. The molecule has 0 unspecified atom stereocenters. The van der Waals surface area contributed by atoms with Crippen LogP contribution in [0.3, 0.4) is 0 Å². The lowest BCUT2D eigenvalue weighted by Gasteiger charge is -2.17. The number of hydrogen-bond acceptors (Lipinski definition) is 4. The summed E-state index contributed by atoms with van der Waals surface area (Å²) in [6.07, 6.45) is 2.35. The van der Waals surface area contributed by atoms with Gasteiger partial charge in [-0.1, -0.05) is 13.8 Å². The second-order valence-electron chi connectivity index (χ2n) is 4.16. The Morgan fingerprint density at radius 1 is 1.44 bits per heavy atom. The second-order valence-corrected chi connectivity index (χ2v) is 4.16. The van der Waals surface area contributed by atoms with Crippen molar-refractivity contribution in [3.8, 4) is 0 Å². The molecule has 0 aliphatic rings. The number of carboxylic acids is 1. The summed E-state index contributed by atoms with van der Waals surface area (Å²) in [6, 6.07) is 1.56. The summed E-state index contributed by atoms with van der Waals surface area (Å²) >= 11 is 0. The van der Waals surface area contributed by atoms with Crippen LogP contribution in [0.5, 0.6) is 0 Å². The van der Waals surface area contributed by atoms with E-state index in [-0.39, 0.29) is 5.56 Å². The van der Waals surface area contributed by atoms with E-state index >= 15 is 0 Å². The third-order valence-electron chi connectivity index (χ3n) is 2.92. The second kappa shape index (κ2) is 7.89. The predicted octanol–water partition coefficient (Wildman–Crippen LogP) is 1.80. The smallest absolute Gasteiger partial charge is 0.338 e. The molecule has 2 N–H and O–H groups in total. The largest absolute Gasteiger partial charge is 0.478 e. The minimum atomic E-state index is -0.952. The summed E-state index contributed by atoms with van der Waals surface area (Å²) in [5.41, 5.74) is 0.204. The molecule has 0 aliphatic heterocycles. The molecule has 0 saturated heterocycles. The van der Waals surface area contributed by atoms with Gasteiger partial charge < -0.3 is 19.7 Å². The third kappa shape index (κ3) is 4.89. The monoisotopic (exact) mass is 254 g/mol. The quantitative estimate of drug-likeness (QED) is 0.658. The zero-order chi connectivity index (χ0) is 13.4. The number of nitrogens with one attached hydrogen (secondary N) is 1. The van der Waals surface area contributed by atoms with Crippen molar-refractivity contribution in [3.63, 3.8) is 0 Å². The van der Waals surface area contributed by atoms with Crippen molar-refractivity contribution in [1.82, 2.24) is 10.2 Å². The van der Waals surface area contributed by atoms with Gasteiger partial charge in [-0.3, -0.25) is 0 Å². The van der Waals surface area contributed by atoms with Gasteiger partial charge in [0, 0.05) is 0 Å². The number of aromatic carboxylic acids is 1. The van der Waals surface area contributed by atoms with E-state index in [2.05, 4.69) is 24.1 Å². The number of carboxylic acid groups (broad SMARTS) is 1. The average Bonchev–Trinajstić information content (AvgIpc) is 2.83. The molecule has 1 aromatic heterocycles. The van der Waals surface area contributed by atoms with Gasteiger partial charge in [0.05, 0.1) is 12.1 Å². The lowest BCUT2D eigenvalue weighted by Crippen LogP contribution is -2.27. The van der Waals surface area contributed by atoms with Crippen LogP contribution in [0.1, 0.15) is 36.4 Å². The molecular weight excluding hydrogens is 232 g/mol. The molecule has 1 heterocycles. The minimum Gasteiger partial charge on any atom is -0.478 e. The maximum Gasteiger partial charge on any atom is 0.338 e. The molecule has 0 spiro atoms. The molecule has 1 aromatic rings. The van der Waals surface area contributed by atoms with Crippen molar-refractivity contribution in [2.75, 3.05) is 26.2 Å². The van der Waals surface area contributed by atoms with E-state index in [9.17, 15) is 4.79 Å². The molecule has 5 heteroatoms. The SMILES string of the molecule is CCN(CC)CCCNCc1cc(C(=O)O)co1. The molecule has 0 amide bonds. The molecule has 0 aliphatic carbocycles. The highest BCUT2D eigenvalue weighted by atomic mass is 16.4. The van der Waals surface area contributed by atoms with E-state index in [0.29, 0.717) is 12.3 Å². The lowest BCUT2D eigenvalue weighted by atomic mass is 10.3. The first-order valence-electron chi connectivity index (χ1n) is 6.41. The molecule has 0 bridgehead atoms. The van der Waals surface area contributed by atoms with E-state index in [1.165, 1.54) is 6.26 Å². The summed E-state index contributed by atoms with van der Waals surface area (Å²) in [5, 5.41) is 12.0. The van der Waals surface area contributed by atoms with Crippen LogP contribution in [0.15, 0.2) is 16.7 Å². The number of carbonyl (C=O) groups is 1. The highest BCUT2D eigenvalue weighted by Crippen LogP contribution is 2.07. The van der Waals surface area contributed by atoms with Crippen LogP contribution in [0.4, 0.5) is 0 Å². The van der Waals surface area contributed by atoms with E-state index in [1.54, 1.807) is 6.07 Å². The maximum absolute atomic E-state index is 10.6. The zero-order valence-electron chi connectivity index (χ0n) is 11.1. The Labute approximate surface area is 108 Å². The Bertz CT molecular complexity index is 359. The average molecular weight is 254 g/mol. The van der Waals surface area contributed by atoms with E-state index in [1.807, 2.05) is 0 Å². The molecule has 0 atom stereocenters. The van der Waals surface area contributed by atoms with Crippen LogP contribution in [-0.4, -0.2) is 42.2 Å². The Hall–Kier alpha value is -1.33. The lowest BCUT2D eigenvalue weighted by molar-refractivity contribution is 0.0696. The number of rotatable bonds is 9. The summed E-state index contributed by atoms with van der Waals surface area (Å²) in [5.74, 6) is -0.290. The zero-order valence-corrected chi connectivity index (χ0v) is 11.1. The van der Waals surface area contributed by atoms with Gasteiger partial charge >= 0.3 is 5.97 Å². The molecule has 5 nitrogen and oxygen atoms in total. The number of nitrogens with zero attached hydrogens (tertiary/aromatic N) is 1. The first-order chi connectivity index (χ1) is 8.67. The summed E-state index contributed by atoms with van der Waals surface area (Å²) in [6.45, 7) is 9.04. The Morgan fingerprint density at radius 2 is 2.17 bits per heavy atom. The van der Waals surface area contributed by atoms with Crippen molar-refractivity contribution in [2.45, 2.75) is 26.8 Å². The van der Waals surface area contributed by atoms with Gasteiger partial charge in [0.25, 0.3) is 0 Å². The molecule has 18 heavy (non-hydrogen) atoms. The van der Waals surface area contributed by atoms with Gasteiger partial charge in [0.2, 0.25) is 0 Å². The molecule has 102 valence electrons. The van der Waals surface area contributed by atoms with Crippen LogP contribution in [0, 0.1) is 0 Å². The first-order valence-corrected chi connectivity index (χ1v) is 6.41. The van der Waals surface area contributed by atoms with Gasteiger partial charge in [-0.2, -0.15) is 0 Å². The van der Waals surface area contributed by atoms with Crippen LogP contribution in [0.2, 0.25) is 0 Å². The molecular formula is C13H22N2O3. The van der Waals surface area contributed by atoms with E-state index < -0.39 is 5.97 Å². The normalized spacial score (nSPS) is 11.1. The standard InChI is InChI=1S/C13H22N2O3/c1-3-15(4-2)7-5-6-14-9-12-8-11(10-18-12)13(16)17/h8,10,14H,3-7,9H2,1-2H3,(H,16,17). The van der Waals surface area contributed by atoms with Crippen LogP contribution < -0.4 is 5.32 Å². The topological polar surface area (TPSA) is 65.7 Å². The van der Waals surface area contributed by atoms with Crippen LogP contribution in [0.25, 0.3) is 0 Å². The van der Waals surface area contributed by atoms with Crippen molar-refractivity contribution >= 4 is 5.97 Å². The highest BCUT2D eigenvalue weighted by Gasteiger charge is 2.07. The molecule has 0 radical (unpaired) electrons. The molecule has 0 aromatic carbocycles. The van der Waals surface area contributed by atoms with Crippen molar-refractivity contribution in [1.29, 1.82) is 0 Å². The molecule has 1 rings (SSSR count). The van der Waals surface area contributed by atoms with Crippen molar-refractivity contribution < 1.29 is 14.3 Å². The predicted molar refractivity (Wildman–Crippen MR) is 69.8 cm³/mol. The molecule has 0 saturated carbocycles. The number of hydrogen-bond donors (Lipinski definition) is 2. The van der Waals surface area contributed by atoms with Crippen LogP contribution in [-0.2, 0) is 6.54 Å². The van der Waals surface area contributed by atoms with E-state index in [0.717, 1.165) is 32.6 Å². The van der Waals surface area contributed by atoms with Crippen molar-refractivity contribution in [3.05, 3.63) is 23.7 Å². The van der Waals surface area contributed by atoms with Gasteiger partial charge in [-0.05, 0) is 38.7 Å². The fourth-order valence-corrected chi connectivity index (χ4v) is 1.76. The maximum atomic E-state index is 10.6. The van der Waals surface area contributed by atoms with E-state index in [4.69, 9.17) is 9.52 Å². The fraction of sp³-hybridized carbons (Fsp3) is 0.615. The Balaban J connectivity index is 2.15.